The van der Waals surface area contributed by atoms with Crippen LogP contribution in [0.3, 0.4) is 0 Å². The van der Waals surface area contributed by atoms with E-state index in [1.165, 1.54) is 30.3 Å². The van der Waals surface area contributed by atoms with Gasteiger partial charge in [0.25, 0.3) is 5.89 Å². The Balaban J connectivity index is 1.96. The summed E-state index contributed by atoms with van der Waals surface area (Å²) < 4.78 is 34.0. The van der Waals surface area contributed by atoms with Crippen LogP contribution in [0.5, 0.6) is 5.75 Å². The zero-order valence-corrected chi connectivity index (χ0v) is 12.0. The molecule has 0 saturated heterocycles. The zero-order valence-electron chi connectivity index (χ0n) is 12.0. The van der Waals surface area contributed by atoms with E-state index < -0.39 is 12.6 Å². The average Bonchev–Trinajstić information content (AvgIpc) is 3.04. The minimum absolute atomic E-state index is 0.0162. The van der Waals surface area contributed by atoms with Crippen LogP contribution < -0.4 is 4.74 Å². The highest BCUT2D eigenvalue weighted by Crippen LogP contribution is 2.27. The maximum Gasteiger partial charge on any atom is 0.387 e. The second-order valence-electron chi connectivity index (χ2n) is 4.68. The molecule has 6 nitrogen and oxygen atoms in total. The van der Waals surface area contributed by atoms with Gasteiger partial charge in [-0.25, -0.2) is 4.79 Å². The minimum atomic E-state index is -2.94. The summed E-state index contributed by atoms with van der Waals surface area (Å²) in [5, 5.41) is 13.0. The topological polar surface area (TPSA) is 85.5 Å². The van der Waals surface area contributed by atoms with Gasteiger partial charge in [0.2, 0.25) is 5.82 Å². The van der Waals surface area contributed by atoms with E-state index in [9.17, 15) is 18.7 Å². The Morgan fingerprint density at radius 2 is 1.96 bits per heavy atom. The van der Waals surface area contributed by atoms with Crippen LogP contribution in [-0.2, 0) is 0 Å². The molecule has 3 rings (SSSR count). The van der Waals surface area contributed by atoms with Crippen LogP contribution in [0.2, 0.25) is 0 Å². The zero-order chi connectivity index (χ0) is 17.1. The van der Waals surface area contributed by atoms with Crippen molar-refractivity contribution in [3.8, 4) is 28.6 Å². The molecule has 0 fully saturated rings. The number of carboxylic acids is 1. The summed E-state index contributed by atoms with van der Waals surface area (Å²) in [5.74, 6) is -1.02. The summed E-state index contributed by atoms with van der Waals surface area (Å²) in [6.45, 7) is -2.94. The molecule has 1 heterocycles. The van der Waals surface area contributed by atoms with Gasteiger partial charge in [-0.1, -0.05) is 29.4 Å². The number of rotatable bonds is 5. The van der Waals surface area contributed by atoms with Crippen molar-refractivity contribution in [1.82, 2.24) is 10.1 Å². The number of nitrogens with zero attached hydrogens (tertiary/aromatic N) is 2. The van der Waals surface area contributed by atoms with E-state index in [1.54, 1.807) is 18.2 Å². The second-order valence-corrected chi connectivity index (χ2v) is 4.68. The van der Waals surface area contributed by atoms with Crippen molar-refractivity contribution in [1.29, 1.82) is 0 Å². The second kappa shape index (κ2) is 6.45. The number of carboxylic acid groups (broad SMARTS) is 1. The lowest BCUT2D eigenvalue weighted by Crippen LogP contribution is -2.01. The highest BCUT2D eigenvalue weighted by atomic mass is 19.3. The van der Waals surface area contributed by atoms with Crippen LogP contribution in [0, 0.1) is 0 Å². The summed E-state index contributed by atoms with van der Waals surface area (Å²) in [7, 11) is 0. The molecule has 1 N–H and O–H groups in total. The fraction of sp³-hybridized carbons (Fsp3) is 0.0625. The predicted octanol–water partition coefficient (Wildman–Crippen LogP) is 3.70. The molecule has 1 aromatic heterocycles. The first-order valence-electron chi connectivity index (χ1n) is 6.76. The van der Waals surface area contributed by atoms with E-state index in [4.69, 9.17) is 4.52 Å². The third-order valence-corrected chi connectivity index (χ3v) is 3.13. The summed E-state index contributed by atoms with van der Waals surface area (Å²) in [6, 6.07) is 12.0. The number of aromatic nitrogens is 2. The molecule has 0 bridgehead atoms. The van der Waals surface area contributed by atoms with E-state index in [2.05, 4.69) is 14.9 Å². The average molecular weight is 332 g/mol. The Morgan fingerprint density at radius 1 is 1.17 bits per heavy atom. The molecule has 0 spiro atoms. The first-order chi connectivity index (χ1) is 11.5. The normalized spacial score (nSPS) is 10.8. The first kappa shape index (κ1) is 15.6. The van der Waals surface area contributed by atoms with Crippen molar-refractivity contribution >= 4 is 5.97 Å². The van der Waals surface area contributed by atoms with Gasteiger partial charge in [0.15, 0.2) is 0 Å². The Hall–Kier alpha value is -3.29. The Kier molecular flexibility index (Phi) is 4.19. The summed E-state index contributed by atoms with van der Waals surface area (Å²) in [5.41, 5.74) is 0.683. The van der Waals surface area contributed by atoms with Gasteiger partial charge in [0.1, 0.15) is 5.75 Å². The van der Waals surface area contributed by atoms with Crippen LogP contribution in [0.15, 0.2) is 53.1 Å². The fourth-order valence-electron chi connectivity index (χ4n) is 2.12. The molecule has 0 aliphatic carbocycles. The third-order valence-electron chi connectivity index (χ3n) is 3.13. The van der Waals surface area contributed by atoms with Crippen molar-refractivity contribution in [2.75, 3.05) is 0 Å². The molecular formula is C16H10F2N2O4. The lowest BCUT2D eigenvalue weighted by atomic mass is 10.1. The quantitative estimate of drug-likeness (QED) is 0.767. The predicted molar refractivity (Wildman–Crippen MR) is 78.8 cm³/mol. The van der Waals surface area contributed by atoms with Gasteiger partial charge in [-0.3, -0.25) is 0 Å². The van der Waals surface area contributed by atoms with Gasteiger partial charge >= 0.3 is 12.6 Å². The molecular weight excluding hydrogens is 322 g/mol. The summed E-state index contributed by atoms with van der Waals surface area (Å²) in [4.78, 5) is 15.4. The van der Waals surface area contributed by atoms with Crippen LogP contribution in [0.25, 0.3) is 22.8 Å². The van der Waals surface area contributed by atoms with E-state index in [-0.39, 0.29) is 28.6 Å². The van der Waals surface area contributed by atoms with Gasteiger partial charge in [-0.05, 0) is 24.3 Å². The van der Waals surface area contributed by atoms with Crippen molar-refractivity contribution in [3.63, 3.8) is 0 Å². The number of benzene rings is 2. The van der Waals surface area contributed by atoms with Gasteiger partial charge < -0.3 is 14.4 Å². The maximum absolute atomic E-state index is 12.3. The highest BCUT2D eigenvalue weighted by Gasteiger charge is 2.17. The molecule has 0 aliphatic rings. The largest absolute Gasteiger partial charge is 0.478 e. The van der Waals surface area contributed by atoms with Crippen LogP contribution >= 0.6 is 0 Å². The maximum atomic E-state index is 12.3. The summed E-state index contributed by atoms with van der Waals surface area (Å²) >= 11 is 0. The molecule has 0 atom stereocenters. The molecule has 0 amide bonds. The lowest BCUT2D eigenvalue weighted by Gasteiger charge is -2.04. The number of hydrogen-bond acceptors (Lipinski definition) is 5. The van der Waals surface area contributed by atoms with Crippen LogP contribution in [0.4, 0.5) is 8.78 Å². The third kappa shape index (κ3) is 3.22. The number of ether oxygens (including phenoxy) is 1. The van der Waals surface area contributed by atoms with Crippen molar-refractivity contribution in [3.05, 3.63) is 54.1 Å². The molecule has 2 aromatic carbocycles. The lowest BCUT2D eigenvalue weighted by molar-refractivity contribution is -0.0498. The van der Waals surface area contributed by atoms with Crippen molar-refractivity contribution < 1.29 is 27.9 Å². The standard InChI is InChI=1S/C16H10F2N2O4/c17-16(18)23-10-5-3-4-9(8-10)13-19-14(24-20-13)11-6-1-2-7-12(11)15(21)22/h1-8,16H,(H,21,22). The number of halogens is 2. The SMILES string of the molecule is O=C(O)c1ccccc1-c1nc(-c2cccc(OC(F)F)c2)no1. The molecule has 0 radical (unpaired) electrons. The van der Waals surface area contributed by atoms with E-state index in [0.29, 0.717) is 5.56 Å². The Labute approximate surface area is 134 Å². The van der Waals surface area contributed by atoms with Crippen LogP contribution in [0.1, 0.15) is 10.4 Å². The number of aromatic carboxylic acids is 1. The van der Waals surface area contributed by atoms with Gasteiger partial charge in [0.05, 0.1) is 11.1 Å². The monoisotopic (exact) mass is 332 g/mol. The van der Waals surface area contributed by atoms with E-state index in [1.807, 2.05) is 0 Å². The highest BCUT2D eigenvalue weighted by molar-refractivity contribution is 5.94. The first-order valence-corrected chi connectivity index (χ1v) is 6.76. The van der Waals surface area contributed by atoms with Gasteiger partial charge in [-0.2, -0.15) is 13.8 Å². The molecule has 0 unspecified atom stereocenters. The molecule has 122 valence electrons. The Bertz CT molecular complexity index is 880. The minimum Gasteiger partial charge on any atom is -0.478 e. The molecule has 0 aliphatic heterocycles. The van der Waals surface area contributed by atoms with E-state index in [0.717, 1.165) is 0 Å². The Morgan fingerprint density at radius 3 is 2.71 bits per heavy atom. The number of carbonyl (C=O) groups is 1. The van der Waals surface area contributed by atoms with Crippen LogP contribution in [-0.4, -0.2) is 27.8 Å². The molecule has 8 heteroatoms. The number of hydrogen-bond donors (Lipinski definition) is 1. The molecule has 24 heavy (non-hydrogen) atoms. The van der Waals surface area contributed by atoms with Crippen molar-refractivity contribution in [2.24, 2.45) is 0 Å². The van der Waals surface area contributed by atoms with Gasteiger partial charge in [0, 0.05) is 5.56 Å². The smallest absolute Gasteiger partial charge is 0.387 e. The van der Waals surface area contributed by atoms with E-state index >= 15 is 0 Å². The van der Waals surface area contributed by atoms with Crippen molar-refractivity contribution in [2.45, 2.75) is 6.61 Å². The molecule has 0 saturated carbocycles. The summed E-state index contributed by atoms with van der Waals surface area (Å²) in [6.07, 6.45) is 0. The number of alkyl halides is 2. The molecule has 3 aromatic rings. The fourth-order valence-corrected chi connectivity index (χ4v) is 2.12. The van der Waals surface area contributed by atoms with Gasteiger partial charge in [-0.15, -0.1) is 0 Å².